The first-order chi connectivity index (χ1) is 14.5. The zero-order valence-corrected chi connectivity index (χ0v) is 17.6. The molecule has 30 heavy (non-hydrogen) atoms. The van der Waals surface area contributed by atoms with E-state index in [-0.39, 0.29) is 17.7 Å². The van der Waals surface area contributed by atoms with Crippen LogP contribution >= 0.6 is 15.9 Å². The van der Waals surface area contributed by atoms with Crippen molar-refractivity contribution in [2.75, 3.05) is 18.4 Å². The lowest BCUT2D eigenvalue weighted by atomic mass is 10.1. The molecular weight excluding hydrogens is 446 g/mol. The minimum atomic E-state index is -0.255. The number of hydrogen-bond acceptors (Lipinski definition) is 3. The van der Waals surface area contributed by atoms with Crippen molar-refractivity contribution in [2.24, 2.45) is 0 Å². The Hall–Kier alpha value is -3.45. The number of carbonyl (C=O) groups excluding carboxylic acids is 3. The molecule has 3 N–H and O–H groups in total. The maximum atomic E-state index is 12.2. The SMILES string of the molecule is O=C(NCCNC(=O)c1ccc(NC(=O)c2ccc(Br)cc2)cc1)c1ccccc1. The predicted molar refractivity (Wildman–Crippen MR) is 120 cm³/mol. The number of benzene rings is 3. The third kappa shape index (κ3) is 6.02. The van der Waals surface area contributed by atoms with Gasteiger partial charge in [0.25, 0.3) is 17.7 Å². The van der Waals surface area contributed by atoms with Gasteiger partial charge in [0.05, 0.1) is 0 Å². The van der Waals surface area contributed by atoms with Crippen molar-refractivity contribution >= 4 is 39.3 Å². The number of carbonyl (C=O) groups is 3. The van der Waals surface area contributed by atoms with Crippen LogP contribution in [0.5, 0.6) is 0 Å². The minimum absolute atomic E-state index is 0.185. The molecule has 3 aromatic carbocycles. The highest BCUT2D eigenvalue weighted by Crippen LogP contribution is 2.14. The highest BCUT2D eigenvalue weighted by molar-refractivity contribution is 9.10. The molecule has 0 atom stereocenters. The van der Waals surface area contributed by atoms with E-state index >= 15 is 0 Å². The number of halogens is 1. The molecule has 0 unspecified atom stereocenters. The van der Waals surface area contributed by atoms with E-state index in [1.165, 1.54) is 0 Å². The average molecular weight is 466 g/mol. The van der Waals surface area contributed by atoms with Crippen molar-refractivity contribution in [3.05, 3.63) is 100 Å². The molecule has 7 heteroatoms. The number of anilines is 1. The van der Waals surface area contributed by atoms with Gasteiger partial charge in [-0.05, 0) is 60.7 Å². The van der Waals surface area contributed by atoms with E-state index < -0.39 is 0 Å². The van der Waals surface area contributed by atoms with E-state index in [2.05, 4.69) is 31.9 Å². The van der Waals surface area contributed by atoms with Crippen molar-refractivity contribution in [1.82, 2.24) is 10.6 Å². The van der Waals surface area contributed by atoms with Gasteiger partial charge in [0.15, 0.2) is 0 Å². The lowest BCUT2D eigenvalue weighted by Gasteiger charge is -2.09. The molecule has 0 aliphatic heterocycles. The summed E-state index contributed by atoms with van der Waals surface area (Å²) in [7, 11) is 0. The third-order valence-electron chi connectivity index (χ3n) is 4.24. The van der Waals surface area contributed by atoms with Crippen LogP contribution in [-0.4, -0.2) is 30.8 Å². The molecule has 0 radical (unpaired) electrons. The first-order valence-electron chi connectivity index (χ1n) is 9.31. The zero-order valence-electron chi connectivity index (χ0n) is 16.0. The van der Waals surface area contributed by atoms with Gasteiger partial charge in [-0.1, -0.05) is 34.1 Å². The van der Waals surface area contributed by atoms with E-state index in [1.807, 2.05) is 6.07 Å². The van der Waals surface area contributed by atoms with Crippen molar-refractivity contribution in [2.45, 2.75) is 0 Å². The first kappa shape index (κ1) is 21.3. The molecule has 0 aromatic heterocycles. The Morgan fingerprint density at radius 2 is 1.07 bits per heavy atom. The van der Waals surface area contributed by atoms with Crippen LogP contribution in [0.3, 0.4) is 0 Å². The molecule has 0 aliphatic carbocycles. The predicted octanol–water partition coefficient (Wildman–Crippen LogP) is 3.86. The molecule has 3 amide bonds. The van der Waals surface area contributed by atoms with Crippen LogP contribution < -0.4 is 16.0 Å². The Balaban J connectivity index is 1.45. The summed E-state index contributed by atoms with van der Waals surface area (Å²) in [5.74, 6) is -0.667. The molecule has 3 rings (SSSR count). The van der Waals surface area contributed by atoms with Gasteiger partial charge in [-0.3, -0.25) is 14.4 Å². The Bertz CT molecular complexity index is 1020. The largest absolute Gasteiger partial charge is 0.350 e. The molecule has 0 bridgehead atoms. The summed E-state index contributed by atoms with van der Waals surface area (Å²) in [4.78, 5) is 36.4. The summed E-state index contributed by atoms with van der Waals surface area (Å²) < 4.78 is 0.897. The quantitative estimate of drug-likeness (QED) is 0.463. The Morgan fingerprint density at radius 3 is 1.63 bits per heavy atom. The summed E-state index contributed by atoms with van der Waals surface area (Å²) in [5.41, 5.74) is 2.17. The second-order valence-corrected chi connectivity index (χ2v) is 7.33. The highest BCUT2D eigenvalue weighted by Gasteiger charge is 2.09. The number of nitrogens with one attached hydrogen (secondary N) is 3. The second kappa shape index (κ2) is 10.4. The molecule has 0 heterocycles. The van der Waals surface area contributed by atoms with Gasteiger partial charge in [-0.2, -0.15) is 0 Å². The van der Waals surface area contributed by atoms with Crippen molar-refractivity contribution in [3.63, 3.8) is 0 Å². The van der Waals surface area contributed by atoms with Crippen LogP contribution in [0.1, 0.15) is 31.1 Å². The molecule has 0 saturated carbocycles. The molecule has 0 aliphatic rings. The number of hydrogen-bond donors (Lipinski definition) is 3. The topological polar surface area (TPSA) is 87.3 Å². The lowest BCUT2D eigenvalue weighted by Crippen LogP contribution is -2.34. The number of amides is 3. The van der Waals surface area contributed by atoms with Crippen LogP contribution in [0.15, 0.2) is 83.3 Å². The smallest absolute Gasteiger partial charge is 0.255 e. The summed E-state index contributed by atoms with van der Waals surface area (Å²) in [6.07, 6.45) is 0. The summed E-state index contributed by atoms with van der Waals surface area (Å²) >= 11 is 3.33. The van der Waals surface area contributed by atoms with Crippen molar-refractivity contribution in [3.8, 4) is 0 Å². The molecule has 3 aromatic rings. The molecule has 0 fully saturated rings. The van der Waals surface area contributed by atoms with Gasteiger partial charge in [0.1, 0.15) is 0 Å². The maximum absolute atomic E-state index is 12.2. The van der Waals surface area contributed by atoms with Gasteiger partial charge >= 0.3 is 0 Å². The van der Waals surface area contributed by atoms with Gasteiger partial charge in [0, 0.05) is 39.9 Å². The number of rotatable bonds is 7. The standard InChI is InChI=1S/C23H20BrN3O3/c24-19-10-6-18(7-11-19)23(30)27-20-12-8-17(9-13-20)22(29)26-15-14-25-21(28)16-4-2-1-3-5-16/h1-13H,14-15H2,(H,25,28)(H,26,29)(H,27,30). The van der Waals surface area contributed by atoms with Crippen molar-refractivity contribution in [1.29, 1.82) is 0 Å². The monoisotopic (exact) mass is 465 g/mol. The van der Waals surface area contributed by atoms with Gasteiger partial charge in [0.2, 0.25) is 0 Å². The normalized spacial score (nSPS) is 10.2. The lowest BCUT2D eigenvalue weighted by molar-refractivity contribution is 0.0927. The molecular formula is C23H20BrN3O3. The fourth-order valence-electron chi connectivity index (χ4n) is 2.66. The van der Waals surface area contributed by atoms with Crippen LogP contribution in [0, 0.1) is 0 Å². The second-order valence-electron chi connectivity index (χ2n) is 6.42. The Labute approximate surface area is 182 Å². The fraction of sp³-hybridized carbons (Fsp3) is 0.0870. The molecule has 0 spiro atoms. The van der Waals surface area contributed by atoms with Crippen LogP contribution in [0.4, 0.5) is 5.69 Å². The molecule has 0 saturated heterocycles. The van der Waals surface area contributed by atoms with E-state index in [0.29, 0.717) is 35.5 Å². The van der Waals surface area contributed by atoms with E-state index in [1.54, 1.807) is 72.8 Å². The van der Waals surface area contributed by atoms with Gasteiger partial charge < -0.3 is 16.0 Å². The van der Waals surface area contributed by atoms with Crippen molar-refractivity contribution < 1.29 is 14.4 Å². The van der Waals surface area contributed by atoms with Gasteiger partial charge in [-0.15, -0.1) is 0 Å². The summed E-state index contributed by atoms with van der Waals surface area (Å²) in [5, 5.41) is 8.29. The third-order valence-corrected chi connectivity index (χ3v) is 4.77. The fourth-order valence-corrected chi connectivity index (χ4v) is 2.92. The highest BCUT2D eigenvalue weighted by atomic mass is 79.9. The van der Waals surface area contributed by atoms with Crippen LogP contribution in [0.25, 0.3) is 0 Å². The Morgan fingerprint density at radius 1 is 0.600 bits per heavy atom. The van der Waals surface area contributed by atoms with E-state index in [0.717, 1.165) is 4.47 Å². The Kier molecular flexibility index (Phi) is 7.34. The molecule has 152 valence electrons. The first-order valence-corrected chi connectivity index (χ1v) is 10.1. The molecule has 6 nitrogen and oxygen atoms in total. The summed E-state index contributed by atoms with van der Waals surface area (Å²) in [6.45, 7) is 0.625. The van der Waals surface area contributed by atoms with E-state index in [4.69, 9.17) is 0 Å². The average Bonchev–Trinajstić information content (AvgIpc) is 2.78. The van der Waals surface area contributed by atoms with Crippen LogP contribution in [0.2, 0.25) is 0 Å². The zero-order chi connectivity index (χ0) is 21.3. The van der Waals surface area contributed by atoms with E-state index in [9.17, 15) is 14.4 Å². The maximum Gasteiger partial charge on any atom is 0.255 e. The van der Waals surface area contributed by atoms with Gasteiger partial charge in [-0.25, -0.2) is 0 Å². The summed E-state index contributed by atoms with van der Waals surface area (Å²) in [6, 6.07) is 22.5. The minimum Gasteiger partial charge on any atom is -0.350 e. The van der Waals surface area contributed by atoms with Crippen LogP contribution in [-0.2, 0) is 0 Å².